The molecule has 0 fully saturated rings. The van der Waals surface area contributed by atoms with Crippen molar-refractivity contribution in [2.24, 2.45) is 0 Å². The molecule has 1 aliphatic heterocycles. The van der Waals surface area contributed by atoms with E-state index in [-0.39, 0.29) is 6.10 Å². The van der Waals surface area contributed by atoms with Crippen LogP contribution in [0.3, 0.4) is 0 Å². The third-order valence-corrected chi connectivity index (χ3v) is 2.83. The highest BCUT2D eigenvalue weighted by Gasteiger charge is 2.16. The molecule has 0 saturated heterocycles. The Morgan fingerprint density at radius 1 is 1.25 bits per heavy atom. The highest BCUT2D eigenvalue weighted by Crippen LogP contribution is 2.35. The van der Waals surface area contributed by atoms with Gasteiger partial charge >= 0.3 is 0 Å². The van der Waals surface area contributed by atoms with E-state index < -0.39 is 0 Å². The molecule has 0 radical (unpaired) electrons. The number of rotatable bonds is 4. The number of fused-ring (bicyclic) bond motifs is 1. The Labute approximate surface area is 95.5 Å². The van der Waals surface area contributed by atoms with Crippen molar-refractivity contribution in [1.29, 1.82) is 0 Å². The topological polar surface area (TPSA) is 39.7 Å². The highest BCUT2D eigenvalue weighted by molar-refractivity contribution is 5.46. The van der Waals surface area contributed by atoms with Gasteiger partial charge in [-0.25, -0.2) is 0 Å². The Hall–Kier alpha value is -1.42. The molecule has 2 rings (SSSR count). The maximum Gasteiger partial charge on any atom is 0.231 e. The molecule has 4 heteroatoms. The lowest BCUT2D eigenvalue weighted by Gasteiger charge is -2.21. The predicted octanol–water partition coefficient (Wildman–Crippen LogP) is 1.79. The lowest BCUT2D eigenvalue weighted by atomic mass is 10.2. The molecule has 0 aromatic heterocycles. The monoisotopic (exact) mass is 223 g/mol. The van der Waals surface area contributed by atoms with Crippen molar-refractivity contribution in [2.75, 3.05) is 13.8 Å². The van der Waals surface area contributed by atoms with Gasteiger partial charge in [0.15, 0.2) is 11.5 Å². The van der Waals surface area contributed by atoms with Crippen molar-refractivity contribution in [3.05, 3.63) is 18.2 Å². The average Bonchev–Trinajstić information content (AvgIpc) is 2.75. The van der Waals surface area contributed by atoms with E-state index in [0.29, 0.717) is 12.8 Å². The van der Waals surface area contributed by atoms with E-state index in [0.717, 1.165) is 17.2 Å². The Kier molecular flexibility index (Phi) is 3.19. The lowest BCUT2D eigenvalue weighted by molar-refractivity contribution is 0.172. The molecule has 1 aromatic carbocycles. The number of likely N-dealkylation sites (N-methyl/N-ethyl adjacent to an activating group) is 1. The Bertz CT molecular complexity index is 367. The van der Waals surface area contributed by atoms with Crippen LogP contribution >= 0.6 is 0 Å². The zero-order valence-electron chi connectivity index (χ0n) is 9.82. The summed E-state index contributed by atoms with van der Waals surface area (Å²) in [6.07, 6.45) is 0.102. The molecule has 2 atom stereocenters. The number of hydrogen-bond acceptors (Lipinski definition) is 4. The van der Waals surface area contributed by atoms with Crippen LogP contribution in [-0.2, 0) is 0 Å². The first-order valence-electron chi connectivity index (χ1n) is 5.44. The van der Waals surface area contributed by atoms with Gasteiger partial charge in [-0.2, -0.15) is 0 Å². The van der Waals surface area contributed by atoms with Gasteiger partial charge in [-0.3, -0.25) is 0 Å². The second-order valence-electron chi connectivity index (χ2n) is 3.92. The maximum absolute atomic E-state index is 5.79. The van der Waals surface area contributed by atoms with Gasteiger partial charge in [0.25, 0.3) is 0 Å². The number of nitrogens with one attached hydrogen (secondary N) is 1. The summed E-state index contributed by atoms with van der Waals surface area (Å²) < 4.78 is 16.3. The van der Waals surface area contributed by atoms with Gasteiger partial charge in [-0.05, 0) is 33.0 Å². The van der Waals surface area contributed by atoms with E-state index >= 15 is 0 Å². The summed E-state index contributed by atoms with van der Waals surface area (Å²) in [6, 6.07) is 5.92. The third kappa shape index (κ3) is 2.22. The largest absolute Gasteiger partial charge is 0.489 e. The van der Waals surface area contributed by atoms with Crippen molar-refractivity contribution in [2.45, 2.75) is 26.0 Å². The van der Waals surface area contributed by atoms with Crippen molar-refractivity contribution in [3.8, 4) is 17.2 Å². The molecule has 0 aliphatic carbocycles. The van der Waals surface area contributed by atoms with Crippen LogP contribution in [0.1, 0.15) is 13.8 Å². The quantitative estimate of drug-likeness (QED) is 0.844. The number of benzene rings is 1. The van der Waals surface area contributed by atoms with Gasteiger partial charge in [0.1, 0.15) is 11.9 Å². The molecule has 1 N–H and O–H groups in total. The second-order valence-corrected chi connectivity index (χ2v) is 3.92. The molecule has 1 aliphatic rings. The summed E-state index contributed by atoms with van der Waals surface area (Å²) in [7, 11) is 1.92. The Morgan fingerprint density at radius 2 is 2.00 bits per heavy atom. The summed E-state index contributed by atoms with van der Waals surface area (Å²) >= 11 is 0. The van der Waals surface area contributed by atoms with Crippen molar-refractivity contribution in [1.82, 2.24) is 5.32 Å². The molecular weight excluding hydrogens is 206 g/mol. The van der Waals surface area contributed by atoms with E-state index in [9.17, 15) is 0 Å². The van der Waals surface area contributed by atoms with Crippen molar-refractivity contribution < 1.29 is 14.2 Å². The predicted molar refractivity (Wildman–Crippen MR) is 61.2 cm³/mol. The molecule has 16 heavy (non-hydrogen) atoms. The van der Waals surface area contributed by atoms with Gasteiger partial charge in [-0.1, -0.05) is 0 Å². The first-order valence-corrected chi connectivity index (χ1v) is 5.44. The minimum Gasteiger partial charge on any atom is -0.489 e. The SMILES string of the molecule is CNC(C)C(C)Oc1ccc2c(c1)OCO2. The van der Waals surface area contributed by atoms with E-state index in [1.807, 2.05) is 32.2 Å². The van der Waals surface area contributed by atoms with Gasteiger partial charge in [0.2, 0.25) is 6.79 Å². The standard InChI is InChI=1S/C12H17NO3/c1-8(13-3)9(2)16-10-4-5-11-12(6-10)15-7-14-11/h4-6,8-9,13H,7H2,1-3H3. The van der Waals surface area contributed by atoms with Gasteiger partial charge < -0.3 is 19.5 Å². The van der Waals surface area contributed by atoms with Crippen LogP contribution in [0.15, 0.2) is 18.2 Å². The van der Waals surface area contributed by atoms with Crippen LogP contribution in [-0.4, -0.2) is 26.0 Å². The first-order chi connectivity index (χ1) is 7.70. The lowest BCUT2D eigenvalue weighted by Crippen LogP contribution is -2.36. The Balaban J connectivity index is 2.05. The minimum absolute atomic E-state index is 0.102. The smallest absolute Gasteiger partial charge is 0.231 e. The summed E-state index contributed by atoms with van der Waals surface area (Å²) in [4.78, 5) is 0. The van der Waals surface area contributed by atoms with Crippen LogP contribution < -0.4 is 19.5 Å². The summed E-state index contributed by atoms with van der Waals surface area (Å²) in [6.45, 7) is 4.41. The molecular formula is C12H17NO3. The molecule has 0 spiro atoms. The van der Waals surface area contributed by atoms with Gasteiger partial charge in [0, 0.05) is 12.1 Å². The zero-order chi connectivity index (χ0) is 11.5. The molecule has 0 saturated carbocycles. The fraction of sp³-hybridized carbons (Fsp3) is 0.500. The van der Waals surface area contributed by atoms with Crippen LogP contribution in [0.4, 0.5) is 0 Å². The van der Waals surface area contributed by atoms with E-state index in [4.69, 9.17) is 14.2 Å². The van der Waals surface area contributed by atoms with Crippen LogP contribution in [0, 0.1) is 0 Å². The summed E-state index contributed by atoms with van der Waals surface area (Å²) in [5.74, 6) is 2.34. The normalized spacial score (nSPS) is 16.9. The zero-order valence-corrected chi connectivity index (χ0v) is 9.82. The Morgan fingerprint density at radius 3 is 2.75 bits per heavy atom. The molecule has 4 nitrogen and oxygen atoms in total. The molecule has 1 aromatic rings. The van der Waals surface area contributed by atoms with Crippen LogP contribution in [0.25, 0.3) is 0 Å². The van der Waals surface area contributed by atoms with Crippen molar-refractivity contribution >= 4 is 0 Å². The average molecular weight is 223 g/mol. The molecule has 2 unspecified atom stereocenters. The van der Waals surface area contributed by atoms with Crippen LogP contribution in [0.2, 0.25) is 0 Å². The second kappa shape index (κ2) is 4.61. The van der Waals surface area contributed by atoms with E-state index in [1.165, 1.54) is 0 Å². The summed E-state index contributed by atoms with van der Waals surface area (Å²) in [5.41, 5.74) is 0. The van der Waals surface area contributed by atoms with Gasteiger partial charge in [-0.15, -0.1) is 0 Å². The summed E-state index contributed by atoms with van der Waals surface area (Å²) in [5, 5.41) is 3.16. The van der Waals surface area contributed by atoms with Crippen molar-refractivity contribution in [3.63, 3.8) is 0 Å². The highest BCUT2D eigenvalue weighted by atomic mass is 16.7. The first kappa shape index (κ1) is 11.1. The maximum atomic E-state index is 5.79. The van der Waals surface area contributed by atoms with E-state index in [1.54, 1.807) is 0 Å². The van der Waals surface area contributed by atoms with Gasteiger partial charge in [0.05, 0.1) is 0 Å². The van der Waals surface area contributed by atoms with E-state index in [2.05, 4.69) is 12.2 Å². The molecule has 1 heterocycles. The number of hydrogen-bond donors (Lipinski definition) is 1. The minimum atomic E-state index is 0.102. The molecule has 88 valence electrons. The van der Waals surface area contributed by atoms with Crippen LogP contribution in [0.5, 0.6) is 17.2 Å². The fourth-order valence-electron chi connectivity index (χ4n) is 1.50. The fourth-order valence-corrected chi connectivity index (χ4v) is 1.50. The molecule has 0 amide bonds. The third-order valence-electron chi connectivity index (χ3n) is 2.83. The number of ether oxygens (including phenoxy) is 3. The molecule has 0 bridgehead atoms.